The van der Waals surface area contributed by atoms with Gasteiger partial charge in [-0.1, -0.05) is 11.6 Å². The van der Waals surface area contributed by atoms with Crippen molar-refractivity contribution in [3.05, 3.63) is 22.7 Å². The number of sulfonamides is 1. The fraction of sp³-hybridized carbons (Fsp3) is 0.538. The summed E-state index contributed by atoms with van der Waals surface area (Å²) in [7, 11) is -0.698. The molecule has 1 fully saturated rings. The largest absolute Gasteiger partial charge is 0.495 e. The third-order valence-corrected chi connectivity index (χ3v) is 5.30. The van der Waals surface area contributed by atoms with Crippen LogP contribution in [0.15, 0.2) is 17.0 Å². The van der Waals surface area contributed by atoms with Crippen molar-refractivity contribution in [2.75, 3.05) is 14.2 Å². The summed E-state index contributed by atoms with van der Waals surface area (Å²) in [5.74, 6) is 0.233. The molecule has 3 N–H and O–H groups in total. The lowest BCUT2D eigenvalue weighted by atomic mass is 9.90. The van der Waals surface area contributed by atoms with Gasteiger partial charge in [-0.2, -0.15) is 0 Å². The molecule has 1 aliphatic rings. The van der Waals surface area contributed by atoms with Crippen LogP contribution in [0.25, 0.3) is 0 Å². The van der Waals surface area contributed by atoms with Crippen molar-refractivity contribution < 1.29 is 17.9 Å². The average Bonchev–Trinajstić information content (AvgIpc) is 2.41. The standard InChI is InChI=1S/C13H19ClN2O4S/c1-19-11-5-10(6-11)16-21(17,18)12-4-9(14)3-8(7-15)13(12)20-2/h3-4,10-11,16H,5-7,15H2,1-2H3. The second-order valence-corrected chi connectivity index (χ2v) is 7.07. The minimum Gasteiger partial charge on any atom is -0.495 e. The Kier molecular flexibility index (Phi) is 5.11. The Hall–Kier alpha value is -0.860. The van der Waals surface area contributed by atoms with E-state index in [4.69, 9.17) is 26.8 Å². The summed E-state index contributed by atoms with van der Waals surface area (Å²) >= 11 is 5.97. The summed E-state index contributed by atoms with van der Waals surface area (Å²) in [6.07, 6.45) is 1.42. The Morgan fingerprint density at radius 1 is 1.38 bits per heavy atom. The SMILES string of the molecule is COc1c(CN)cc(Cl)cc1S(=O)(=O)NC1CC(OC)C1. The zero-order chi connectivity index (χ0) is 15.6. The summed E-state index contributed by atoms with van der Waals surface area (Å²) in [4.78, 5) is 0.0128. The van der Waals surface area contributed by atoms with Crippen LogP contribution < -0.4 is 15.2 Å². The summed E-state index contributed by atoms with van der Waals surface area (Å²) in [6, 6.07) is 2.84. The van der Waals surface area contributed by atoms with Gasteiger partial charge in [-0.15, -0.1) is 0 Å². The lowest BCUT2D eigenvalue weighted by Crippen LogP contribution is -2.47. The van der Waals surface area contributed by atoms with Crippen molar-refractivity contribution in [1.82, 2.24) is 4.72 Å². The molecule has 0 atom stereocenters. The van der Waals surface area contributed by atoms with Crippen molar-refractivity contribution in [2.45, 2.75) is 36.4 Å². The van der Waals surface area contributed by atoms with Gasteiger partial charge in [-0.05, 0) is 25.0 Å². The van der Waals surface area contributed by atoms with E-state index < -0.39 is 10.0 Å². The van der Waals surface area contributed by atoms with Crippen LogP contribution in [-0.2, 0) is 21.3 Å². The Morgan fingerprint density at radius 3 is 2.57 bits per heavy atom. The molecular weight excluding hydrogens is 316 g/mol. The van der Waals surface area contributed by atoms with E-state index in [9.17, 15) is 8.42 Å². The number of nitrogens with one attached hydrogen (secondary N) is 1. The fourth-order valence-corrected chi connectivity index (χ4v) is 4.15. The molecule has 1 aromatic rings. The van der Waals surface area contributed by atoms with Crippen LogP contribution in [0, 0.1) is 0 Å². The molecule has 0 amide bonds. The maximum Gasteiger partial charge on any atom is 0.244 e. The molecule has 1 aliphatic carbocycles. The van der Waals surface area contributed by atoms with Crippen molar-refractivity contribution in [2.24, 2.45) is 5.73 Å². The Bertz CT molecular complexity index is 615. The third kappa shape index (κ3) is 3.49. The first-order valence-electron chi connectivity index (χ1n) is 6.53. The molecule has 0 spiro atoms. The maximum absolute atomic E-state index is 12.5. The van der Waals surface area contributed by atoms with E-state index in [-0.39, 0.29) is 29.3 Å². The number of hydrogen-bond acceptors (Lipinski definition) is 5. The van der Waals surface area contributed by atoms with Gasteiger partial charge in [0.25, 0.3) is 0 Å². The van der Waals surface area contributed by atoms with Gasteiger partial charge in [-0.25, -0.2) is 13.1 Å². The highest BCUT2D eigenvalue weighted by Gasteiger charge is 2.34. The van der Waals surface area contributed by atoms with Gasteiger partial charge in [0.05, 0.1) is 13.2 Å². The lowest BCUT2D eigenvalue weighted by Gasteiger charge is -2.34. The van der Waals surface area contributed by atoms with Crippen molar-refractivity contribution in [3.8, 4) is 5.75 Å². The highest BCUT2D eigenvalue weighted by molar-refractivity contribution is 7.89. The van der Waals surface area contributed by atoms with E-state index in [0.717, 1.165) is 0 Å². The number of nitrogens with two attached hydrogens (primary N) is 1. The van der Waals surface area contributed by atoms with E-state index in [1.165, 1.54) is 13.2 Å². The van der Waals surface area contributed by atoms with Gasteiger partial charge in [0.15, 0.2) is 0 Å². The van der Waals surface area contributed by atoms with Crippen LogP contribution >= 0.6 is 11.6 Å². The Labute approximate surface area is 129 Å². The lowest BCUT2D eigenvalue weighted by molar-refractivity contribution is 0.0236. The molecule has 118 valence electrons. The quantitative estimate of drug-likeness (QED) is 0.817. The second-order valence-electron chi connectivity index (χ2n) is 4.95. The van der Waals surface area contributed by atoms with Gasteiger partial charge in [0.2, 0.25) is 10.0 Å². The van der Waals surface area contributed by atoms with Gasteiger partial charge in [0.1, 0.15) is 10.6 Å². The molecule has 0 radical (unpaired) electrons. The van der Waals surface area contributed by atoms with Gasteiger partial charge in [0, 0.05) is 30.3 Å². The molecule has 0 bridgehead atoms. The molecule has 6 nitrogen and oxygen atoms in total. The molecule has 0 saturated heterocycles. The molecule has 0 aromatic heterocycles. The fourth-order valence-electron chi connectivity index (χ4n) is 2.34. The van der Waals surface area contributed by atoms with E-state index in [1.807, 2.05) is 0 Å². The molecule has 0 heterocycles. The molecular formula is C13H19ClN2O4S. The number of hydrogen-bond donors (Lipinski definition) is 2. The van der Waals surface area contributed by atoms with Crippen LogP contribution in [-0.4, -0.2) is 34.8 Å². The van der Waals surface area contributed by atoms with Gasteiger partial charge < -0.3 is 15.2 Å². The topological polar surface area (TPSA) is 90.7 Å². The third-order valence-electron chi connectivity index (χ3n) is 3.56. The highest BCUT2D eigenvalue weighted by atomic mass is 35.5. The van der Waals surface area contributed by atoms with E-state index in [1.54, 1.807) is 13.2 Å². The first kappa shape index (κ1) is 16.5. The first-order valence-corrected chi connectivity index (χ1v) is 8.39. The number of benzene rings is 1. The number of methoxy groups -OCH3 is 2. The molecule has 8 heteroatoms. The summed E-state index contributed by atoms with van der Waals surface area (Å²) in [5, 5.41) is 0.306. The van der Waals surface area contributed by atoms with Crippen molar-refractivity contribution in [3.63, 3.8) is 0 Å². The number of ether oxygens (including phenoxy) is 2. The van der Waals surface area contributed by atoms with Crippen molar-refractivity contribution >= 4 is 21.6 Å². The van der Waals surface area contributed by atoms with Crippen LogP contribution in [0.2, 0.25) is 5.02 Å². The first-order chi connectivity index (χ1) is 9.91. The normalized spacial score (nSPS) is 21.9. The predicted octanol–water partition coefficient (Wildman–Crippen LogP) is 1.26. The molecule has 21 heavy (non-hydrogen) atoms. The molecule has 2 rings (SSSR count). The predicted molar refractivity (Wildman–Crippen MR) is 80.0 cm³/mol. The van der Waals surface area contributed by atoms with E-state index in [0.29, 0.717) is 23.4 Å². The maximum atomic E-state index is 12.5. The Balaban J connectivity index is 2.29. The van der Waals surface area contributed by atoms with Gasteiger partial charge >= 0.3 is 0 Å². The minimum atomic E-state index is -3.72. The molecule has 1 saturated carbocycles. The second kappa shape index (κ2) is 6.50. The summed E-state index contributed by atoms with van der Waals surface area (Å²) < 4.78 is 38.0. The van der Waals surface area contributed by atoms with Crippen LogP contribution in [0.4, 0.5) is 0 Å². The highest BCUT2D eigenvalue weighted by Crippen LogP contribution is 2.33. The van der Waals surface area contributed by atoms with Crippen LogP contribution in [0.5, 0.6) is 5.75 Å². The summed E-state index contributed by atoms with van der Waals surface area (Å²) in [5.41, 5.74) is 6.16. The number of rotatable bonds is 6. The zero-order valence-electron chi connectivity index (χ0n) is 11.9. The molecule has 0 aliphatic heterocycles. The van der Waals surface area contributed by atoms with E-state index in [2.05, 4.69) is 4.72 Å². The minimum absolute atomic E-state index is 0.0128. The van der Waals surface area contributed by atoms with Crippen LogP contribution in [0.1, 0.15) is 18.4 Å². The van der Waals surface area contributed by atoms with Crippen molar-refractivity contribution in [1.29, 1.82) is 0 Å². The summed E-state index contributed by atoms with van der Waals surface area (Å²) in [6.45, 7) is 0.140. The molecule has 0 unspecified atom stereocenters. The Morgan fingerprint density at radius 2 is 2.05 bits per heavy atom. The molecule has 1 aromatic carbocycles. The number of halogens is 1. The smallest absolute Gasteiger partial charge is 0.244 e. The average molecular weight is 335 g/mol. The van der Waals surface area contributed by atoms with E-state index >= 15 is 0 Å². The monoisotopic (exact) mass is 334 g/mol. The zero-order valence-corrected chi connectivity index (χ0v) is 13.5. The van der Waals surface area contributed by atoms with Crippen LogP contribution in [0.3, 0.4) is 0 Å². The van der Waals surface area contributed by atoms with Gasteiger partial charge in [-0.3, -0.25) is 0 Å².